The zero-order chi connectivity index (χ0) is 8.91. The van der Waals surface area contributed by atoms with Crippen LogP contribution in [0.2, 0.25) is 0 Å². The van der Waals surface area contributed by atoms with Crippen LogP contribution in [0.15, 0.2) is 0 Å². The molecule has 0 aromatic heterocycles. The van der Waals surface area contributed by atoms with Gasteiger partial charge >= 0.3 is 0 Å². The van der Waals surface area contributed by atoms with Crippen molar-refractivity contribution < 1.29 is 0 Å². The Morgan fingerprint density at radius 2 is 2.00 bits per heavy atom. The smallest absolute Gasteiger partial charge is 0.0240 e. The Balaban J connectivity index is 3.87. The second-order valence-electron chi connectivity index (χ2n) is 3.65. The first-order chi connectivity index (χ1) is 5.04. The number of nitrogens with one attached hydrogen (secondary N) is 1. The van der Waals surface area contributed by atoms with E-state index in [9.17, 15) is 0 Å². The molecule has 1 nitrogen and oxygen atoms in total. The molecular weight excluding hydrogens is 158 g/mol. The first kappa shape index (κ1) is 11.2. The van der Waals surface area contributed by atoms with Gasteiger partial charge in [0.15, 0.2) is 0 Å². The summed E-state index contributed by atoms with van der Waals surface area (Å²) < 4.78 is 0. The molecule has 1 N–H and O–H groups in total. The lowest BCUT2D eigenvalue weighted by Crippen LogP contribution is -2.45. The molecule has 0 radical (unpaired) electrons. The second kappa shape index (κ2) is 5.00. The largest absolute Gasteiger partial charge is 0.309 e. The fraction of sp³-hybridized carbons (Fsp3) is 1.00. The van der Waals surface area contributed by atoms with Crippen LogP contribution < -0.4 is 5.32 Å². The Kier molecular flexibility index (Phi) is 5.11. The summed E-state index contributed by atoms with van der Waals surface area (Å²) in [5.41, 5.74) is 0.232. The lowest BCUT2D eigenvalue weighted by molar-refractivity contribution is 0.307. The van der Waals surface area contributed by atoms with E-state index in [1.54, 1.807) is 0 Å². The van der Waals surface area contributed by atoms with Crippen LogP contribution in [0.5, 0.6) is 0 Å². The van der Waals surface area contributed by atoms with Gasteiger partial charge in [0.05, 0.1) is 0 Å². The molecule has 0 bridgehead atoms. The van der Waals surface area contributed by atoms with Crippen molar-refractivity contribution in [2.24, 2.45) is 0 Å². The number of hydrogen-bond acceptors (Lipinski definition) is 1. The Morgan fingerprint density at radius 1 is 1.45 bits per heavy atom. The summed E-state index contributed by atoms with van der Waals surface area (Å²) in [6, 6.07) is 0.545. The van der Waals surface area contributed by atoms with Crippen molar-refractivity contribution in [3.63, 3.8) is 0 Å². The molecule has 11 heavy (non-hydrogen) atoms. The molecule has 0 amide bonds. The quantitative estimate of drug-likeness (QED) is 0.637. The summed E-state index contributed by atoms with van der Waals surface area (Å²) in [6.07, 6.45) is 2.18. The minimum Gasteiger partial charge on any atom is -0.309 e. The van der Waals surface area contributed by atoms with Crippen LogP contribution in [0.4, 0.5) is 0 Å². The van der Waals surface area contributed by atoms with Crippen molar-refractivity contribution in [3.05, 3.63) is 0 Å². The zero-order valence-corrected chi connectivity index (χ0v) is 8.83. The monoisotopic (exact) mass is 177 g/mol. The minimum absolute atomic E-state index is 0.232. The van der Waals surface area contributed by atoms with E-state index in [1.165, 1.54) is 0 Å². The molecular formula is C9H20ClN. The van der Waals surface area contributed by atoms with Crippen LogP contribution in [-0.2, 0) is 0 Å². The van der Waals surface area contributed by atoms with Gasteiger partial charge in [0.2, 0.25) is 0 Å². The van der Waals surface area contributed by atoms with E-state index in [-0.39, 0.29) is 5.54 Å². The van der Waals surface area contributed by atoms with E-state index in [0.717, 1.165) is 18.7 Å². The maximum absolute atomic E-state index is 5.71. The van der Waals surface area contributed by atoms with Gasteiger partial charge < -0.3 is 5.32 Å². The molecule has 2 heteroatoms. The normalized spacial score (nSPS) is 16.9. The fourth-order valence-corrected chi connectivity index (χ4v) is 1.67. The Bertz CT molecular complexity index is 104. The highest BCUT2D eigenvalue weighted by atomic mass is 35.5. The number of halogens is 1. The van der Waals surface area contributed by atoms with E-state index in [0.29, 0.717) is 6.04 Å². The van der Waals surface area contributed by atoms with Crippen LogP contribution in [0.1, 0.15) is 40.5 Å². The van der Waals surface area contributed by atoms with Gasteiger partial charge in [0, 0.05) is 17.5 Å². The van der Waals surface area contributed by atoms with Gasteiger partial charge in [-0.25, -0.2) is 0 Å². The third kappa shape index (κ3) is 4.65. The lowest BCUT2D eigenvalue weighted by atomic mass is 9.94. The molecule has 0 heterocycles. The van der Waals surface area contributed by atoms with Crippen LogP contribution in [-0.4, -0.2) is 17.5 Å². The molecule has 0 aromatic rings. The van der Waals surface area contributed by atoms with Gasteiger partial charge in [0.1, 0.15) is 0 Å². The van der Waals surface area contributed by atoms with Gasteiger partial charge in [-0.15, -0.1) is 11.6 Å². The molecule has 0 aliphatic carbocycles. The molecule has 1 unspecified atom stereocenters. The molecule has 0 aromatic carbocycles. The third-order valence-corrected chi connectivity index (χ3v) is 2.25. The minimum atomic E-state index is 0.232. The summed E-state index contributed by atoms with van der Waals surface area (Å²) in [6.45, 7) is 8.77. The van der Waals surface area contributed by atoms with Crippen molar-refractivity contribution in [1.29, 1.82) is 0 Å². The highest BCUT2D eigenvalue weighted by molar-refractivity contribution is 6.17. The van der Waals surface area contributed by atoms with Crippen LogP contribution in [0.3, 0.4) is 0 Å². The van der Waals surface area contributed by atoms with Crippen molar-refractivity contribution in [1.82, 2.24) is 5.32 Å². The predicted octanol–water partition coefficient (Wildman–Crippen LogP) is 2.78. The fourth-order valence-electron chi connectivity index (χ4n) is 1.26. The van der Waals surface area contributed by atoms with E-state index < -0.39 is 0 Å². The average Bonchev–Trinajstić information content (AvgIpc) is 1.87. The summed E-state index contributed by atoms with van der Waals surface area (Å²) in [5.74, 6) is 0.740. The van der Waals surface area contributed by atoms with E-state index in [4.69, 9.17) is 11.6 Å². The average molecular weight is 178 g/mol. The first-order valence-corrected chi connectivity index (χ1v) is 4.91. The van der Waals surface area contributed by atoms with E-state index in [2.05, 4.69) is 33.0 Å². The highest BCUT2D eigenvalue weighted by Gasteiger charge is 2.20. The Morgan fingerprint density at radius 3 is 2.27 bits per heavy atom. The predicted molar refractivity (Wildman–Crippen MR) is 52.3 cm³/mol. The molecule has 0 fully saturated rings. The van der Waals surface area contributed by atoms with Crippen molar-refractivity contribution in [2.75, 3.05) is 5.88 Å². The SMILES string of the molecule is CCC(C)(CCCl)NC(C)C. The van der Waals surface area contributed by atoms with Crippen LogP contribution in [0, 0.1) is 0 Å². The molecule has 0 saturated heterocycles. The number of rotatable bonds is 5. The van der Waals surface area contributed by atoms with E-state index in [1.807, 2.05) is 0 Å². The maximum atomic E-state index is 5.71. The molecule has 0 aliphatic heterocycles. The zero-order valence-electron chi connectivity index (χ0n) is 8.08. The summed E-state index contributed by atoms with van der Waals surface area (Å²) in [5, 5.41) is 3.52. The summed E-state index contributed by atoms with van der Waals surface area (Å²) in [7, 11) is 0. The number of hydrogen-bond donors (Lipinski definition) is 1. The topological polar surface area (TPSA) is 12.0 Å². The van der Waals surface area contributed by atoms with Gasteiger partial charge in [-0.2, -0.15) is 0 Å². The van der Waals surface area contributed by atoms with Gasteiger partial charge in [-0.3, -0.25) is 0 Å². The standard InChI is InChI=1S/C9H20ClN/c1-5-9(4,6-7-10)11-8(2)3/h8,11H,5-7H2,1-4H3. The van der Waals surface area contributed by atoms with Gasteiger partial charge in [-0.05, 0) is 19.8 Å². The molecule has 1 atom stereocenters. The van der Waals surface area contributed by atoms with Crippen LogP contribution >= 0.6 is 11.6 Å². The second-order valence-corrected chi connectivity index (χ2v) is 4.03. The van der Waals surface area contributed by atoms with E-state index >= 15 is 0 Å². The first-order valence-electron chi connectivity index (χ1n) is 4.37. The van der Waals surface area contributed by atoms with Crippen molar-refractivity contribution in [2.45, 2.75) is 52.1 Å². The lowest BCUT2D eigenvalue weighted by Gasteiger charge is -2.31. The van der Waals surface area contributed by atoms with Gasteiger partial charge in [-0.1, -0.05) is 20.8 Å². The third-order valence-electron chi connectivity index (χ3n) is 2.06. The number of alkyl halides is 1. The summed E-state index contributed by atoms with van der Waals surface area (Å²) in [4.78, 5) is 0. The van der Waals surface area contributed by atoms with Crippen molar-refractivity contribution in [3.8, 4) is 0 Å². The summed E-state index contributed by atoms with van der Waals surface area (Å²) >= 11 is 5.71. The highest BCUT2D eigenvalue weighted by Crippen LogP contribution is 2.15. The Labute approximate surface area is 75.5 Å². The maximum Gasteiger partial charge on any atom is 0.0240 e. The molecule has 0 aliphatic rings. The van der Waals surface area contributed by atoms with Crippen LogP contribution in [0.25, 0.3) is 0 Å². The molecule has 0 rings (SSSR count). The Hall–Kier alpha value is 0.250. The molecule has 0 spiro atoms. The molecule has 68 valence electrons. The van der Waals surface area contributed by atoms with Gasteiger partial charge in [0.25, 0.3) is 0 Å². The van der Waals surface area contributed by atoms with Crippen molar-refractivity contribution >= 4 is 11.6 Å². The molecule has 0 saturated carbocycles.